The first-order chi connectivity index (χ1) is 8.52. The Morgan fingerprint density at radius 3 is 2.78 bits per heavy atom. The maximum Gasteiger partial charge on any atom is 0.308 e. The Morgan fingerprint density at radius 2 is 2.22 bits per heavy atom. The summed E-state index contributed by atoms with van der Waals surface area (Å²) in [6.45, 7) is 2.12. The lowest BCUT2D eigenvalue weighted by Crippen LogP contribution is -2.26. The molecule has 18 heavy (non-hydrogen) atoms. The molecule has 0 aromatic heterocycles. The summed E-state index contributed by atoms with van der Waals surface area (Å²) in [4.78, 5) is 24.3. The predicted octanol–water partition coefficient (Wildman–Crippen LogP) is 1.44. The van der Waals surface area contributed by atoms with Gasteiger partial charge in [0.2, 0.25) is 5.91 Å². The zero-order valence-electron chi connectivity index (χ0n) is 10.3. The number of rotatable bonds is 3. The molecule has 0 spiro atoms. The Bertz CT molecular complexity index is 498. The van der Waals surface area contributed by atoms with Crippen molar-refractivity contribution in [3.8, 4) is 5.75 Å². The van der Waals surface area contributed by atoms with Crippen LogP contribution in [-0.4, -0.2) is 30.6 Å². The number of amides is 1. The molecule has 1 aliphatic rings. The molecule has 0 aliphatic carbocycles. The molecule has 5 nitrogen and oxygen atoms in total. The highest BCUT2D eigenvalue weighted by atomic mass is 16.5. The van der Waals surface area contributed by atoms with Gasteiger partial charge in [0.05, 0.1) is 18.7 Å². The van der Waals surface area contributed by atoms with E-state index in [1.165, 1.54) is 12.0 Å². The van der Waals surface area contributed by atoms with Gasteiger partial charge >= 0.3 is 5.97 Å². The fourth-order valence-electron chi connectivity index (χ4n) is 2.12. The number of anilines is 1. The van der Waals surface area contributed by atoms with Crippen molar-refractivity contribution in [2.45, 2.75) is 13.3 Å². The van der Waals surface area contributed by atoms with Crippen LogP contribution in [0.4, 0.5) is 5.69 Å². The van der Waals surface area contributed by atoms with E-state index in [2.05, 4.69) is 0 Å². The van der Waals surface area contributed by atoms with Crippen LogP contribution in [0.25, 0.3) is 0 Å². The molecule has 1 aromatic carbocycles. The first kappa shape index (κ1) is 12.4. The number of benzene rings is 1. The average molecular weight is 249 g/mol. The third kappa shape index (κ3) is 2.16. The molecule has 1 amide bonds. The van der Waals surface area contributed by atoms with Crippen LogP contribution in [0, 0.1) is 12.8 Å². The van der Waals surface area contributed by atoms with E-state index in [1.807, 2.05) is 19.1 Å². The normalized spacial score (nSPS) is 19.1. The van der Waals surface area contributed by atoms with Crippen molar-refractivity contribution < 1.29 is 19.4 Å². The zero-order chi connectivity index (χ0) is 13.3. The molecular weight excluding hydrogens is 234 g/mol. The van der Waals surface area contributed by atoms with Gasteiger partial charge in [0.25, 0.3) is 0 Å². The minimum atomic E-state index is -0.933. The lowest BCUT2D eigenvalue weighted by atomic mass is 10.1. The maximum atomic E-state index is 11.9. The number of ether oxygens (including phenoxy) is 1. The van der Waals surface area contributed by atoms with Gasteiger partial charge in [-0.1, -0.05) is 6.07 Å². The third-order valence-corrected chi connectivity index (χ3v) is 3.10. The lowest BCUT2D eigenvalue weighted by Gasteiger charge is -2.19. The van der Waals surface area contributed by atoms with Gasteiger partial charge < -0.3 is 14.7 Å². The SMILES string of the molecule is COc1ccc(C)cc1N1C[C@H](C(=O)O)CC1=O. The summed E-state index contributed by atoms with van der Waals surface area (Å²) in [6, 6.07) is 5.50. The van der Waals surface area contributed by atoms with E-state index < -0.39 is 11.9 Å². The van der Waals surface area contributed by atoms with Gasteiger partial charge in [-0.15, -0.1) is 0 Å². The van der Waals surface area contributed by atoms with Crippen LogP contribution >= 0.6 is 0 Å². The smallest absolute Gasteiger partial charge is 0.308 e. The number of methoxy groups -OCH3 is 1. The Balaban J connectivity index is 2.34. The van der Waals surface area contributed by atoms with Gasteiger partial charge in [-0.2, -0.15) is 0 Å². The van der Waals surface area contributed by atoms with Crippen molar-refractivity contribution in [2.75, 3.05) is 18.6 Å². The molecule has 1 heterocycles. The summed E-state index contributed by atoms with van der Waals surface area (Å²) in [5.41, 5.74) is 1.64. The van der Waals surface area contributed by atoms with Gasteiger partial charge in [-0.25, -0.2) is 0 Å². The maximum absolute atomic E-state index is 11.9. The molecule has 2 rings (SSSR count). The number of hydrogen-bond acceptors (Lipinski definition) is 3. The van der Waals surface area contributed by atoms with E-state index in [4.69, 9.17) is 9.84 Å². The van der Waals surface area contributed by atoms with Gasteiger partial charge in [0, 0.05) is 13.0 Å². The fourth-order valence-corrected chi connectivity index (χ4v) is 2.12. The van der Waals surface area contributed by atoms with Crippen molar-refractivity contribution >= 4 is 17.6 Å². The van der Waals surface area contributed by atoms with E-state index in [1.54, 1.807) is 6.07 Å². The molecule has 1 fully saturated rings. The zero-order valence-corrected chi connectivity index (χ0v) is 10.3. The van der Waals surface area contributed by atoms with Crippen molar-refractivity contribution in [2.24, 2.45) is 5.92 Å². The first-order valence-electron chi connectivity index (χ1n) is 5.70. The average Bonchev–Trinajstić information content (AvgIpc) is 2.71. The number of carbonyl (C=O) groups excluding carboxylic acids is 1. The second-order valence-corrected chi connectivity index (χ2v) is 4.42. The number of aryl methyl sites for hydroxylation is 1. The summed E-state index contributed by atoms with van der Waals surface area (Å²) >= 11 is 0. The molecule has 96 valence electrons. The van der Waals surface area contributed by atoms with E-state index in [-0.39, 0.29) is 18.9 Å². The molecule has 0 saturated carbocycles. The summed E-state index contributed by atoms with van der Waals surface area (Å²) in [6.07, 6.45) is 0.0480. The topological polar surface area (TPSA) is 66.8 Å². The summed E-state index contributed by atoms with van der Waals surface area (Å²) in [5, 5.41) is 8.97. The molecule has 0 radical (unpaired) electrons. The molecule has 1 N–H and O–H groups in total. The van der Waals surface area contributed by atoms with E-state index in [0.29, 0.717) is 11.4 Å². The largest absolute Gasteiger partial charge is 0.495 e. The van der Waals surface area contributed by atoms with Crippen LogP contribution in [0.3, 0.4) is 0 Å². The van der Waals surface area contributed by atoms with Crippen LogP contribution in [0.5, 0.6) is 5.75 Å². The lowest BCUT2D eigenvalue weighted by molar-refractivity contribution is -0.141. The van der Waals surface area contributed by atoms with Crippen LogP contribution in [0.2, 0.25) is 0 Å². The first-order valence-corrected chi connectivity index (χ1v) is 5.70. The van der Waals surface area contributed by atoms with Gasteiger partial charge in [0.15, 0.2) is 0 Å². The van der Waals surface area contributed by atoms with Gasteiger partial charge in [0.1, 0.15) is 5.75 Å². The second kappa shape index (κ2) is 4.68. The van der Waals surface area contributed by atoms with Gasteiger partial charge in [-0.3, -0.25) is 9.59 Å². The molecule has 1 atom stereocenters. The predicted molar refractivity (Wildman–Crippen MR) is 65.8 cm³/mol. The summed E-state index contributed by atoms with van der Waals surface area (Å²) < 4.78 is 5.22. The summed E-state index contributed by atoms with van der Waals surface area (Å²) in [7, 11) is 1.53. The van der Waals surface area contributed by atoms with Crippen LogP contribution in [0.15, 0.2) is 18.2 Å². The fraction of sp³-hybridized carbons (Fsp3) is 0.385. The van der Waals surface area contributed by atoms with Crippen LogP contribution in [0.1, 0.15) is 12.0 Å². The molecule has 1 aliphatic heterocycles. The van der Waals surface area contributed by atoms with Gasteiger partial charge in [-0.05, 0) is 24.6 Å². The Hall–Kier alpha value is -2.04. The van der Waals surface area contributed by atoms with E-state index in [0.717, 1.165) is 5.56 Å². The number of carboxylic acids is 1. The molecule has 0 bridgehead atoms. The Kier molecular flexibility index (Phi) is 3.23. The summed E-state index contributed by atoms with van der Waals surface area (Å²) in [5.74, 6) is -1.16. The molecule has 5 heteroatoms. The monoisotopic (exact) mass is 249 g/mol. The number of aliphatic carboxylic acids is 1. The Labute approximate surface area is 105 Å². The standard InChI is InChI=1S/C13H15NO4/c1-8-3-4-11(18-2)10(5-8)14-7-9(13(16)17)6-12(14)15/h3-5,9H,6-7H2,1-2H3,(H,16,17)/t9-/m1/s1. The molecule has 1 saturated heterocycles. The quantitative estimate of drug-likeness (QED) is 0.880. The van der Waals surface area contributed by atoms with E-state index >= 15 is 0 Å². The van der Waals surface area contributed by atoms with Crippen molar-refractivity contribution in [3.05, 3.63) is 23.8 Å². The molecular formula is C13H15NO4. The third-order valence-electron chi connectivity index (χ3n) is 3.10. The number of carboxylic acid groups (broad SMARTS) is 1. The van der Waals surface area contributed by atoms with Crippen molar-refractivity contribution in [1.82, 2.24) is 0 Å². The highest BCUT2D eigenvalue weighted by Crippen LogP contribution is 2.33. The highest BCUT2D eigenvalue weighted by Gasteiger charge is 2.36. The highest BCUT2D eigenvalue weighted by molar-refractivity contribution is 6.00. The van der Waals surface area contributed by atoms with Crippen LogP contribution < -0.4 is 9.64 Å². The Morgan fingerprint density at radius 1 is 1.50 bits per heavy atom. The van der Waals surface area contributed by atoms with Crippen molar-refractivity contribution in [1.29, 1.82) is 0 Å². The second-order valence-electron chi connectivity index (χ2n) is 4.42. The number of nitrogens with zero attached hydrogens (tertiary/aromatic N) is 1. The number of hydrogen-bond donors (Lipinski definition) is 1. The number of carbonyl (C=O) groups is 2. The molecule has 1 aromatic rings. The minimum Gasteiger partial charge on any atom is -0.495 e. The molecule has 0 unspecified atom stereocenters. The van der Waals surface area contributed by atoms with E-state index in [9.17, 15) is 9.59 Å². The van der Waals surface area contributed by atoms with Crippen LogP contribution in [-0.2, 0) is 9.59 Å². The van der Waals surface area contributed by atoms with Crippen molar-refractivity contribution in [3.63, 3.8) is 0 Å². The minimum absolute atomic E-state index is 0.0480.